The molecule has 7 nitrogen and oxygen atoms in total. The van der Waals surface area contributed by atoms with Crippen LogP contribution in [-0.4, -0.2) is 39.8 Å². The van der Waals surface area contributed by atoms with Crippen LogP contribution in [0.4, 0.5) is 0 Å². The highest BCUT2D eigenvalue weighted by Gasteiger charge is 2.27. The molecule has 2 heterocycles. The van der Waals surface area contributed by atoms with E-state index in [-0.39, 0.29) is 23.4 Å². The quantitative estimate of drug-likeness (QED) is 0.757. The van der Waals surface area contributed by atoms with Crippen molar-refractivity contribution in [3.05, 3.63) is 62.4 Å². The summed E-state index contributed by atoms with van der Waals surface area (Å²) in [4.78, 5) is 42.8. The van der Waals surface area contributed by atoms with Gasteiger partial charge in [0.15, 0.2) is 5.78 Å². The average Bonchev–Trinajstić information content (AvgIpc) is 2.63. The number of ketones is 1. The molecule has 27 heavy (non-hydrogen) atoms. The average molecular weight is 371 g/mol. The maximum Gasteiger partial charge on any atom is 0.325 e. The van der Waals surface area contributed by atoms with Gasteiger partial charge in [-0.3, -0.25) is 19.5 Å². The smallest absolute Gasteiger partial charge is 0.325 e. The number of carbonyl (C=O) groups is 1. The van der Waals surface area contributed by atoms with Crippen LogP contribution in [-0.2, 0) is 6.54 Å². The zero-order chi connectivity index (χ0) is 19.4. The van der Waals surface area contributed by atoms with Gasteiger partial charge in [-0.2, -0.15) is 0 Å². The van der Waals surface area contributed by atoms with Crippen LogP contribution in [0.25, 0.3) is 0 Å². The second-order valence-corrected chi connectivity index (χ2v) is 7.23. The number of piperidine rings is 1. The number of benzene rings is 1. The van der Waals surface area contributed by atoms with E-state index in [1.165, 1.54) is 6.20 Å². The number of nitrogens with zero attached hydrogens (tertiary/aromatic N) is 1. The molecule has 0 saturated carbocycles. The number of nitrogens with one attached hydrogen (secondary N) is 2. The third-order valence-corrected chi connectivity index (χ3v) is 4.66. The van der Waals surface area contributed by atoms with Crippen molar-refractivity contribution in [3.8, 4) is 5.75 Å². The Morgan fingerprint density at radius 3 is 2.89 bits per heavy atom. The topological polar surface area (TPSA) is 95.3 Å². The lowest BCUT2D eigenvalue weighted by Crippen LogP contribution is -2.40. The molecule has 2 N–H and O–H groups in total. The number of ether oxygens (including phenoxy) is 1. The molecular formula is C20H25N3O4. The molecule has 1 aromatic heterocycles. The van der Waals surface area contributed by atoms with E-state index in [1.54, 1.807) is 6.07 Å². The van der Waals surface area contributed by atoms with Crippen LogP contribution in [0.1, 0.15) is 42.6 Å². The summed E-state index contributed by atoms with van der Waals surface area (Å²) in [5.74, 6) is 0.683. The molecule has 0 radical (unpaired) electrons. The number of hydrogen-bond acceptors (Lipinski definition) is 5. The molecular weight excluding hydrogens is 346 g/mol. The molecule has 1 atom stereocenters. The molecule has 0 bridgehead atoms. The molecule has 2 aromatic rings. The van der Waals surface area contributed by atoms with Crippen molar-refractivity contribution in [1.82, 2.24) is 14.9 Å². The lowest BCUT2D eigenvalue weighted by Gasteiger charge is -2.31. The fourth-order valence-corrected chi connectivity index (χ4v) is 3.44. The molecule has 0 spiro atoms. The van der Waals surface area contributed by atoms with E-state index in [4.69, 9.17) is 4.74 Å². The van der Waals surface area contributed by atoms with Gasteiger partial charge < -0.3 is 9.72 Å². The van der Waals surface area contributed by atoms with E-state index in [0.717, 1.165) is 19.4 Å². The van der Waals surface area contributed by atoms with Gasteiger partial charge in [0.2, 0.25) is 0 Å². The predicted molar refractivity (Wildman–Crippen MR) is 102 cm³/mol. The summed E-state index contributed by atoms with van der Waals surface area (Å²) in [6.07, 6.45) is 3.21. The van der Waals surface area contributed by atoms with Gasteiger partial charge in [-0.25, -0.2) is 4.79 Å². The number of H-pyrrole nitrogens is 2. The van der Waals surface area contributed by atoms with E-state index >= 15 is 0 Å². The fraction of sp³-hybridized carbons (Fsp3) is 0.450. The number of hydrogen-bond donors (Lipinski definition) is 2. The molecule has 0 aliphatic carbocycles. The van der Waals surface area contributed by atoms with Crippen molar-refractivity contribution in [1.29, 1.82) is 0 Å². The Balaban J connectivity index is 1.69. The van der Waals surface area contributed by atoms with Crippen LogP contribution in [0.2, 0.25) is 0 Å². The Morgan fingerprint density at radius 2 is 2.15 bits per heavy atom. The molecule has 3 rings (SSSR count). The van der Waals surface area contributed by atoms with Crippen molar-refractivity contribution in [2.75, 3.05) is 13.1 Å². The number of Topliss-reactive ketones (excluding diaryl/α,β-unsaturated/α-hetero) is 1. The van der Waals surface area contributed by atoms with Gasteiger partial charge in [-0.15, -0.1) is 0 Å². The Bertz CT molecular complexity index is 916. The first-order valence-electron chi connectivity index (χ1n) is 9.26. The normalized spacial score (nSPS) is 17.8. The second kappa shape index (κ2) is 8.35. The summed E-state index contributed by atoms with van der Waals surface area (Å²) in [5, 5.41) is 0. The number of aromatic nitrogens is 2. The maximum absolute atomic E-state index is 12.9. The molecule has 1 fully saturated rings. The number of carbonyl (C=O) groups excluding carboxylic acids is 1. The highest BCUT2D eigenvalue weighted by molar-refractivity contribution is 5.98. The third kappa shape index (κ3) is 4.95. The first kappa shape index (κ1) is 19.1. The van der Waals surface area contributed by atoms with Crippen LogP contribution in [0.3, 0.4) is 0 Å². The monoisotopic (exact) mass is 371 g/mol. The Hall–Kier alpha value is -2.67. The van der Waals surface area contributed by atoms with Crippen LogP contribution in [0, 0.1) is 5.92 Å². The van der Waals surface area contributed by atoms with E-state index in [2.05, 4.69) is 14.9 Å². The SMILES string of the molecule is CC(C)Oc1cccc(C(=O)[C@H]2CCCN(Cc3c[nH]c(=O)[nH]c3=O)C2)c1. The molecule has 1 aromatic carbocycles. The maximum atomic E-state index is 12.9. The van der Waals surface area contributed by atoms with Gasteiger partial charge in [0.05, 0.1) is 6.10 Å². The van der Waals surface area contributed by atoms with Gasteiger partial charge in [0, 0.05) is 36.3 Å². The molecule has 1 aliphatic heterocycles. The minimum Gasteiger partial charge on any atom is -0.491 e. The molecule has 1 aliphatic rings. The summed E-state index contributed by atoms with van der Waals surface area (Å²) in [6, 6.07) is 7.31. The Kier molecular flexibility index (Phi) is 5.91. The highest BCUT2D eigenvalue weighted by Crippen LogP contribution is 2.24. The van der Waals surface area contributed by atoms with E-state index in [1.807, 2.05) is 32.0 Å². The van der Waals surface area contributed by atoms with Crippen molar-refractivity contribution >= 4 is 5.78 Å². The summed E-state index contributed by atoms with van der Waals surface area (Å²) in [5.41, 5.74) is 0.251. The second-order valence-electron chi connectivity index (χ2n) is 7.23. The van der Waals surface area contributed by atoms with E-state index in [0.29, 0.717) is 30.0 Å². The lowest BCUT2D eigenvalue weighted by atomic mass is 9.90. The summed E-state index contributed by atoms with van der Waals surface area (Å²) in [6.45, 7) is 5.72. The molecule has 1 saturated heterocycles. The molecule has 0 unspecified atom stereocenters. The summed E-state index contributed by atoms with van der Waals surface area (Å²) >= 11 is 0. The van der Waals surface area contributed by atoms with Gasteiger partial charge in [0.25, 0.3) is 5.56 Å². The van der Waals surface area contributed by atoms with Gasteiger partial charge in [-0.1, -0.05) is 12.1 Å². The van der Waals surface area contributed by atoms with Crippen LogP contribution < -0.4 is 16.0 Å². The van der Waals surface area contributed by atoms with Crippen molar-refractivity contribution < 1.29 is 9.53 Å². The standard InChI is InChI=1S/C20H25N3O4/c1-13(2)27-17-7-3-5-14(9-17)18(24)15-6-4-8-23(11-15)12-16-10-21-20(26)22-19(16)25/h3,5,7,9-10,13,15H,4,6,8,11-12H2,1-2H3,(H2,21,22,25,26)/t15-/m0/s1. The van der Waals surface area contributed by atoms with Crippen molar-refractivity contribution in [2.45, 2.75) is 39.3 Å². The zero-order valence-corrected chi connectivity index (χ0v) is 15.7. The largest absolute Gasteiger partial charge is 0.491 e. The Labute approximate surface area is 157 Å². The lowest BCUT2D eigenvalue weighted by molar-refractivity contribution is 0.0810. The van der Waals surface area contributed by atoms with Gasteiger partial charge >= 0.3 is 5.69 Å². The Morgan fingerprint density at radius 1 is 1.33 bits per heavy atom. The number of aromatic amines is 2. The minimum atomic E-state index is -0.515. The molecule has 7 heteroatoms. The third-order valence-electron chi connectivity index (χ3n) is 4.66. The van der Waals surface area contributed by atoms with Crippen LogP contribution >= 0.6 is 0 Å². The first-order chi connectivity index (χ1) is 12.9. The molecule has 0 amide bonds. The highest BCUT2D eigenvalue weighted by atomic mass is 16.5. The van der Waals surface area contributed by atoms with Gasteiger partial charge in [0.1, 0.15) is 5.75 Å². The fourth-order valence-electron chi connectivity index (χ4n) is 3.44. The van der Waals surface area contributed by atoms with Crippen LogP contribution in [0.5, 0.6) is 5.75 Å². The van der Waals surface area contributed by atoms with E-state index in [9.17, 15) is 14.4 Å². The number of rotatable bonds is 6. The van der Waals surface area contributed by atoms with Gasteiger partial charge in [-0.05, 0) is 45.4 Å². The zero-order valence-electron chi connectivity index (χ0n) is 15.7. The molecule has 144 valence electrons. The van der Waals surface area contributed by atoms with E-state index < -0.39 is 5.69 Å². The van der Waals surface area contributed by atoms with Crippen molar-refractivity contribution in [2.24, 2.45) is 5.92 Å². The van der Waals surface area contributed by atoms with Crippen molar-refractivity contribution in [3.63, 3.8) is 0 Å². The summed E-state index contributed by atoms with van der Waals surface area (Å²) < 4.78 is 5.69. The summed E-state index contributed by atoms with van der Waals surface area (Å²) in [7, 11) is 0. The minimum absolute atomic E-state index is 0.0518. The number of likely N-dealkylation sites (tertiary alicyclic amines) is 1. The predicted octanol–water partition coefficient (Wildman–Crippen LogP) is 1.95. The van der Waals surface area contributed by atoms with Crippen LogP contribution in [0.15, 0.2) is 40.1 Å². The first-order valence-corrected chi connectivity index (χ1v) is 9.26.